The van der Waals surface area contributed by atoms with Crippen LogP contribution >= 0.6 is 0 Å². The van der Waals surface area contributed by atoms with Gasteiger partial charge in [0, 0.05) is 24.7 Å². The Kier molecular flexibility index (Phi) is 4.22. The van der Waals surface area contributed by atoms with Crippen LogP contribution in [0.2, 0.25) is 0 Å². The van der Waals surface area contributed by atoms with Gasteiger partial charge < -0.3 is 10.1 Å². The molecule has 0 bridgehead atoms. The Balaban J connectivity index is 1.66. The first-order chi connectivity index (χ1) is 8.88. The predicted octanol–water partition coefficient (Wildman–Crippen LogP) is 2.16. The van der Waals surface area contributed by atoms with E-state index in [1.807, 2.05) is 0 Å². The van der Waals surface area contributed by atoms with Crippen LogP contribution in [0.4, 0.5) is 0 Å². The van der Waals surface area contributed by atoms with E-state index >= 15 is 0 Å². The number of hydrogen-bond donors (Lipinski definition) is 1. The summed E-state index contributed by atoms with van der Waals surface area (Å²) in [5.41, 5.74) is 0.437. The van der Waals surface area contributed by atoms with E-state index in [1.54, 1.807) is 0 Å². The second-order valence-electron chi connectivity index (χ2n) is 6.46. The Morgan fingerprint density at radius 3 is 2.72 bits per heavy atom. The maximum atomic E-state index is 5.69. The van der Waals surface area contributed by atoms with Crippen molar-refractivity contribution in [2.24, 2.45) is 0 Å². The minimum absolute atomic E-state index is 0.437. The summed E-state index contributed by atoms with van der Waals surface area (Å²) in [6, 6.07) is 0.692. The lowest BCUT2D eigenvalue weighted by Gasteiger charge is -2.43. The Morgan fingerprint density at radius 2 is 1.94 bits per heavy atom. The van der Waals surface area contributed by atoms with Crippen molar-refractivity contribution in [3.05, 3.63) is 0 Å². The van der Waals surface area contributed by atoms with Crippen LogP contribution in [0.5, 0.6) is 0 Å². The van der Waals surface area contributed by atoms with Crippen molar-refractivity contribution in [2.75, 3.05) is 32.8 Å². The van der Waals surface area contributed by atoms with Crippen LogP contribution in [-0.4, -0.2) is 49.3 Å². The maximum absolute atomic E-state index is 5.69. The van der Waals surface area contributed by atoms with Crippen molar-refractivity contribution in [1.29, 1.82) is 0 Å². The van der Waals surface area contributed by atoms with Crippen molar-refractivity contribution in [3.63, 3.8) is 0 Å². The largest absolute Gasteiger partial charge is 0.380 e. The Bertz CT molecular complexity index is 257. The molecule has 0 aromatic rings. The van der Waals surface area contributed by atoms with Crippen molar-refractivity contribution in [1.82, 2.24) is 10.2 Å². The number of nitrogens with one attached hydrogen (secondary N) is 1. The van der Waals surface area contributed by atoms with E-state index < -0.39 is 0 Å². The SMILES string of the molecule is C1CCC2(CC1)CN(C1CCCOC1)CCCN2. The summed E-state index contributed by atoms with van der Waals surface area (Å²) in [5.74, 6) is 0. The highest BCUT2D eigenvalue weighted by Crippen LogP contribution is 2.31. The van der Waals surface area contributed by atoms with Gasteiger partial charge >= 0.3 is 0 Å². The molecule has 3 fully saturated rings. The van der Waals surface area contributed by atoms with E-state index in [2.05, 4.69) is 10.2 Å². The average molecular weight is 252 g/mol. The normalized spacial score (nSPS) is 34.3. The molecule has 2 heterocycles. The van der Waals surface area contributed by atoms with Gasteiger partial charge in [-0.3, -0.25) is 4.90 Å². The van der Waals surface area contributed by atoms with E-state index in [0.29, 0.717) is 11.6 Å². The fraction of sp³-hybridized carbons (Fsp3) is 1.00. The molecule has 1 aliphatic carbocycles. The van der Waals surface area contributed by atoms with Gasteiger partial charge in [-0.15, -0.1) is 0 Å². The molecule has 1 atom stereocenters. The zero-order valence-electron chi connectivity index (χ0n) is 11.6. The number of hydrogen-bond acceptors (Lipinski definition) is 3. The predicted molar refractivity (Wildman–Crippen MR) is 73.8 cm³/mol. The second-order valence-corrected chi connectivity index (χ2v) is 6.46. The number of rotatable bonds is 1. The third-order valence-corrected chi connectivity index (χ3v) is 5.09. The number of ether oxygens (including phenoxy) is 1. The summed E-state index contributed by atoms with van der Waals surface area (Å²) in [6.07, 6.45) is 10.9. The highest BCUT2D eigenvalue weighted by atomic mass is 16.5. The highest BCUT2D eigenvalue weighted by molar-refractivity contribution is 4.96. The minimum atomic E-state index is 0.437. The molecule has 1 unspecified atom stereocenters. The summed E-state index contributed by atoms with van der Waals surface area (Å²) in [4.78, 5) is 2.74. The summed E-state index contributed by atoms with van der Waals surface area (Å²) < 4.78 is 5.69. The monoisotopic (exact) mass is 252 g/mol. The van der Waals surface area contributed by atoms with Gasteiger partial charge in [-0.25, -0.2) is 0 Å². The lowest BCUT2D eigenvalue weighted by atomic mass is 9.81. The minimum Gasteiger partial charge on any atom is -0.380 e. The van der Waals surface area contributed by atoms with Crippen LogP contribution in [0.3, 0.4) is 0 Å². The smallest absolute Gasteiger partial charge is 0.0621 e. The Hall–Kier alpha value is -0.120. The third-order valence-electron chi connectivity index (χ3n) is 5.09. The third kappa shape index (κ3) is 2.89. The number of nitrogens with zero attached hydrogens (tertiary/aromatic N) is 1. The molecule has 3 nitrogen and oxygen atoms in total. The Labute approximate surface area is 111 Å². The molecule has 1 spiro atoms. The fourth-order valence-corrected chi connectivity index (χ4v) is 4.05. The summed E-state index contributed by atoms with van der Waals surface area (Å²) >= 11 is 0. The highest BCUT2D eigenvalue weighted by Gasteiger charge is 2.37. The van der Waals surface area contributed by atoms with Crippen molar-refractivity contribution in [2.45, 2.75) is 62.9 Å². The van der Waals surface area contributed by atoms with Gasteiger partial charge in [0.15, 0.2) is 0 Å². The van der Waals surface area contributed by atoms with Crippen LogP contribution in [0.15, 0.2) is 0 Å². The summed E-state index contributed by atoms with van der Waals surface area (Å²) in [7, 11) is 0. The van der Waals surface area contributed by atoms with Gasteiger partial charge in [0.25, 0.3) is 0 Å². The first-order valence-corrected chi connectivity index (χ1v) is 7.95. The van der Waals surface area contributed by atoms with E-state index in [-0.39, 0.29) is 0 Å². The molecule has 1 N–H and O–H groups in total. The topological polar surface area (TPSA) is 24.5 Å². The first kappa shape index (κ1) is 12.9. The standard InChI is InChI=1S/C15H28N2O/c1-2-7-15(8-3-1)13-17(10-5-9-16-15)14-6-4-11-18-12-14/h14,16H,1-13H2. The quantitative estimate of drug-likeness (QED) is 0.774. The molecule has 2 aliphatic heterocycles. The van der Waals surface area contributed by atoms with E-state index in [1.165, 1.54) is 71.0 Å². The molecule has 0 radical (unpaired) electrons. The second kappa shape index (κ2) is 5.89. The molecule has 3 rings (SSSR count). The maximum Gasteiger partial charge on any atom is 0.0621 e. The van der Waals surface area contributed by atoms with Gasteiger partial charge in [0.1, 0.15) is 0 Å². The van der Waals surface area contributed by atoms with E-state index in [0.717, 1.165) is 13.2 Å². The molecule has 3 aliphatic rings. The first-order valence-electron chi connectivity index (χ1n) is 7.95. The average Bonchev–Trinajstić information content (AvgIpc) is 2.64. The lowest BCUT2D eigenvalue weighted by Crippen LogP contribution is -2.55. The van der Waals surface area contributed by atoms with Gasteiger partial charge in [0.2, 0.25) is 0 Å². The van der Waals surface area contributed by atoms with Crippen molar-refractivity contribution >= 4 is 0 Å². The van der Waals surface area contributed by atoms with Crippen molar-refractivity contribution in [3.8, 4) is 0 Å². The molecule has 0 aromatic heterocycles. The van der Waals surface area contributed by atoms with Crippen LogP contribution in [0, 0.1) is 0 Å². The molecular weight excluding hydrogens is 224 g/mol. The van der Waals surface area contributed by atoms with Crippen molar-refractivity contribution < 1.29 is 4.74 Å². The summed E-state index contributed by atoms with van der Waals surface area (Å²) in [6.45, 7) is 5.69. The van der Waals surface area contributed by atoms with Crippen LogP contribution in [0.1, 0.15) is 51.4 Å². The molecule has 18 heavy (non-hydrogen) atoms. The Morgan fingerprint density at radius 1 is 1.06 bits per heavy atom. The van der Waals surface area contributed by atoms with Gasteiger partial charge in [-0.05, 0) is 45.2 Å². The zero-order valence-corrected chi connectivity index (χ0v) is 11.6. The van der Waals surface area contributed by atoms with Crippen LogP contribution in [0.25, 0.3) is 0 Å². The molecule has 0 aromatic carbocycles. The van der Waals surface area contributed by atoms with Crippen LogP contribution in [-0.2, 0) is 4.74 Å². The van der Waals surface area contributed by atoms with Gasteiger partial charge in [-0.1, -0.05) is 19.3 Å². The zero-order chi connectivity index (χ0) is 12.3. The van der Waals surface area contributed by atoms with Gasteiger partial charge in [-0.2, -0.15) is 0 Å². The molecule has 104 valence electrons. The summed E-state index contributed by atoms with van der Waals surface area (Å²) in [5, 5.41) is 3.88. The molecule has 3 heteroatoms. The van der Waals surface area contributed by atoms with E-state index in [9.17, 15) is 0 Å². The molecule has 0 amide bonds. The fourth-order valence-electron chi connectivity index (χ4n) is 4.05. The lowest BCUT2D eigenvalue weighted by molar-refractivity contribution is 0.00805. The molecular formula is C15H28N2O. The molecule has 1 saturated carbocycles. The van der Waals surface area contributed by atoms with Gasteiger partial charge in [0.05, 0.1) is 6.61 Å². The van der Waals surface area contributed by atoms with Crippen LogP contribution < -0.4 is 5.32 Å². The molecule has 2 saturated heterocycles. The van der Waals surface area contributed by atoms with E-state index in [4.69, 9.17) is 4.74 Å².